The number of benzene rings is 1. The minimum Gasteiger partial charge on any atom is -0.486 e. The number of hydrogen-bond donors (Lipinski definition) is 3. The van der Waals surface area contributed by atoms with E-state index in [1.807, 2.05) is 13.8 Å². The van der Waals surface area contributed by atoms with Gasteiger partial charge < -0.3 is 25.6 Å². The quantitative estimate of drug-likeness (QED) is 0.714. The average molecular weight is 294 g/mol. The maximum absolute atomic E-state index is 11.3. The highest BCUT2D eigenvalue weighted by Gasteiger charge is 2.21. The molecule has 0 saturated carbocycles. The number of carbonyl (C=O) groups excluding carboxylic acids is 1. The second kappa shape index (κ2) is 6.78. The summed E-state index contributed by atoms with van der Waals surface area (Å²) in [5, 5.41) is 13.2. The van der Waals surface area contributed by atoms with E-state index in [0.29, 0.717) is 30.3 Å². The van der Waals surface area contributed by atoms with Gasteiger partial charge in [0, 0.05) is 6.54 Å². The van der Waals surface area contributed by atoms with Crippen molar-refractivity contribution in [1.82, 2.24) is 5.32 Å². The molecule has 0 spiro atoms. The number of aliphatic hydroxyl groups is 1. The predicted octanol–water partition coefficient (Wildman–Crippen LogP) is 0.591. The molecule has 1 aromatic rings. The highest BCUT2D eigenvalue weighted by atomic mass is 16.6. The van der Waals surface area contributed by atoms with E-state index in [2.05, 4.69) is 5.32 Å². The van der Waals surface area contributed by atoms with Gasteiger partial charge in [-0.25, -0.2) is 0 Å². The lowest BCUT2D eigenvalue weighted by Crippen LogP contribution is -2.46. The predicted molar refractivity (Wildman–Crippen MR) is 78.2 cm³/mol. The Bertz CT molecular complexity index is 504. The normalized spacial score (nSPS) is 16.6. The molecule has 4 N–H and O–H groups in total. The molecule has 21 heavy (non-hydrogen) atoms. The van der Waals surface area contributed by atoms with Gasteiger partial charge in [0.15, 0.2) is 11.5 Å². The molecule has 0 radical (unpaired) electrons. The third-order valence-corrected chi connectivity index (χ3v) is 3.46. The van der Waals surface area contributed by atoms with Crippen molar-refractivity contribution in [2.24, 2.45) is 11.7 Å². The molecule has 116 valence electrons. The van der Waals surface area contributed by atoms with Gasteiger partial charge in [-0.3, -0.25) is 4.79 Å². The summed E-state index contributed by atoms with van der Waals surface area (Å²) in [6.45, 7) is 5.08. The van der Waals surface area contributed by atoms with Crippen LogP contribution in [0.5, 0.6) is 11.5 Å². The molecule has 2 unspecified atom stereocenters. The SMILES string of the molecule is CC(C)C(NCC(O)c1ccc2c(c1)OCCO2)C(N)=O. The molecule has 1 aromatic carbocycles. The topological polar surface area (TPSA) is 93.8 Å². The van der Waals surface area contributed by atoms with E-state index in [-0.39, 0.29) is 12.5 Å². The Morgan fingerprint density at radius 2 is 2.00 bits per heavy atom. The second-order valence-electron chi connectivity index (χ2n) is 5.45. The molecular weight excluding hydrogens is 272 g/mol. The van der Waals surface area contributed by atoms with Gasteiger partial charge in [0.1, 0.15) is 13.2 Å². The van der Waals surface area contributed by atoms with Crippen LogP contribution in [-0.4, -0.2) is 36.8 Å². The van der Waals surface area contributed by atoms with Crippen molar-refractivity contribution in [2.75, 3.05) is 19.8 Å². The molecule has 1 amide bonds. The Labute approximate surface area is 124 Å². The van der Waals surface area contributed by atoms with E-state index >= 15 is 0 Å². The molecule has 6 nitrogen and oxygen atoms in total. The summed E-state index contributed by atoms with van der Waals surface area (Å²) >= 11 is 0. The van der Waals surface area contributed by atoms with E-state index in [4.69, 9.17) is 15.2 Å². The van der Waals surface area contributed by atoms with Gasteiger partial charge in [0.25, 0.3) is 0 Å². The number of nitrogens with one attached hydrogen (secondary N) is 1. The van der Waals surface area contributed by atoms with Gasteiger partial charge in [0.2, 0.25) is 5.91 Å². The van der Waals surface area contributed by atoms with Crippen LogP contribution in [0.2, 0.25) is 0 Å². The van der Waals surface area contributed by atoms with Crippen LogP contribution in [0.1, 0.15) is 25.5 Å². The van der Waals surface area contributed by atoms with Crippen molar-refractivity contribution >= 4 is 5.91 Å². The Kier molecular flexibility index (Phi) is 5.03. The highest BCUT2D eigenvalue weighted by molar-refractivity contribution is 5.80. The Hall–Kier alpha value is -1.79. The molecule has 6 heteroatoms. The van der Waals surface area contributed by atoms with E-state index in [0.717, 1.165) is 0 Å². The Balaban J connectivity index is 2.00. The molecule has 1 heterocycles. The van der Waals surface area contributed by atoms with Crippen LogP contribution in [0, 0.1) is 5.92 Å². The van der Waals surface area contributed by atoms with Crippen molar-refractivity contribution in [3.63, 3.8) is 0 Å². The summed E-state index contributed by atoms with van der Waals surface area (Å²) < 4.78 is 10.9. The molecule has 1 aliphatic heterocycles. The van der Waals surface area contributed by atoms with Crippen LogP contribution in [0.15, 0.2) is 18.2 Å². The third-order valence-electron chi connectivity index (χ3n) is 3.46. The fourth-order valence-electron chi connectivity index (χ4n) is 2.29. The molecule has 2 rings (SSSR count). The lowest BCUT2D eigenvalue weighted by atomic mass is 10.0. The standard InChI is InChI=1S/C15H22N2O4/c1-9(2)14(15(16)19)17-8-11(18)10-3-4-12-13(7-10)21-6-5-20-12/h3-4,7,9,11,14,17-18H,5-6,8H2,1-2H3,(H2,16,19). The molecule has 0 saturated heterocycles. The number of primary amides is 1. The van der Waals surface area contributed by atoms with Crippen LogP contribution >= 0.6 is 0 Å². The first-order valence-corrected chi connectivity index (χ1v) is 7.09. The molecule has 2 atom stereocenters. The largest absolute Gasteiger partial charge is 0.486 e. The number of carbonyl (C=O) groups is 1. The minimum atomic E-state index is -0.749. The number of rotatable bonds is 6. The van der Waals surface area contributed by atoms with Crippen LogP contribution in [0.3, 0.4) is 0 Å². The summed E-state index contributed by atoms with van der Waals surface area (Å²) in [6.07, 6.45) is -0.749. The molecule has 0 aliphatic carbocycles. The number of ether oxygens (including phenoxy) is 2. The van der Waals surface area contributed by atoms with Crippen molar-refractivity contribution in [2.45, 2.75) is 26.0 Å². The molecular formula is C15H22N2O4. The number of hydrogen-bond acceptors (Lipinski definition) is 5. The summed E-state index contributed by atoms with van der Waals surface area (Å²) in [4.78, 5) is 11.3. The summed E-state index contributed by atoms with van der Waals surface area (Å²) in [6, 6.07) is 4.86. The summed E-state index contributed by atoms with van der Waals surface area (Å²) in [7, 11) is 0. The summed E-state index contributed by atoms with van der Waals surface area (Å²) in [5.41, 5.74) is 6.04. The lowest BCUT2D eigenvalue weighted by Gasteiger charge is -2.23. The van der Waals surface area contributed by atoms with Gasteiger partial charge in [0.05, 0.1) is 12.1 Å². The first kappa shape index (κ1) is 15.6. The van der Waals surface area contributed by atoms with Crippen LogP contribution in [-0.2, 0) is 4.79 Å². The monoisotopic (exact) mass is 294 g/mol. The van der Waals surface area contributed by atoms with Gasteiger partial charge >= 0.3 is 0 Å². The number of nitrogens with two attached hydrogens (primary N) is 1. The molecule has 0 bridgehead atoms. The third kappa shape index (κ3) is 3.86. The lowest BCUT2D eigenvalue weighted by molar-refractivity contribution is -0.121. The van der Waals surface area contributed by atoms with Crippen molar-refractivity contribution in [3.8, 4) is 11.5 Å². The highest BCUT2D eigenvalue weighted by Crippen LogP contribution is 2.32. The average Bonchev–Trinajstić information content (AvgIpc) is 2.46. The zero-order chi connectivity index (χ0) is 15.4. The van der Waals surface area contributed by atoms with Crippen molar-refractivity contribution in [1.29, 1.82) is 0 Å². The fourth-order valence-corrected chi connectivity index (χ4v) is 2.29. The Morgan fingerprint density at radius 1 is 1.33 bits per heavy atom. The van der Waals surface area contributed by atoms with Gasteiger partial charge in [-0.15, -0.1) is 0 Å². The number of fused-ring (bicyclic) bond motifs is 1. The van der Waals surface area contributed by atoms with E-state index in [9.17, 15) is 9.90 Å². The molecule has 0 aromatic heterocycles. The van der Waals surface area contributed by atoms with Crippen molar-refractivity contribution < 1.29 is 19.4 Å². The fraction of sp³-hybridized carbons (Fsp3) is 0.533. The van der Waals surface area contributed by atoms with Crippen LogP contribution in [0.4, 0.5) is 0 Å². The van der Waals surface area contributed by atoms with Gasteiger partial charge in [-0.1, -0.05) is 19.9 Å². The summed E-state index contributed by atoms with van der Waals surface area (Å²) in [5.74, 6) is 0.963. The maximum Gasteiger partial charge on any atom is 0.234 e. The maximum atomic E-state index is 11.3. The number of amides is 1. The smallest absolute Gasteiger partial charge is 0.234 e. The zero-order valence-corrected chi connectivity index (χ0v) is 12.3. The van der Waals surface area contributed by atoms with E-state index in [1.54, 1.807) is 18.2 Å². The molecule has 0 fully saturated rings. The van der Waals surface area contributed by atoms with Crippen LogP contribution < -0.4 is 20.5 Å². The number of aliphatic hydroxyl groups excluding tert-OH is 1. The van der Waals surface area contributed by atoms with E-state index < -0.39 is 18.1 Å². The Morgan fingerprint density at radius 3 is 2.62 bits per heavy atom. The van der Waals surface area contributed by atoms with Gasteiger partial charge in [-0.05, 0) is 23.6 Å². The first-order valence-electron chi connectivity index (χ1n) is 7.09. The minimum absolute atomic E-state index is 0.0648. The van der Waals surface area contributed by atoms with Crippen molar-refractivity contribution in [3.05, 3.63) is 23.8 Å². The first-order chi connectivity index (χ1) is 9.99. The van der Waals surface area contributed by atoms with Gasteiger partial charge in [-0.2, -0.15) is 0 Å². The second-order valence-corrected chi connectivity index (χ2v) is 5.45. The zero-order valence-electron chi connectivity index (χ0n) is 12.3. The van der Waals surface area contributed by atoms with Crippen LogP contribution in [0.25, 0.3) is 0 Å². The van der Waals surface area contributed by atoms with E-state index in [1.165, 1.54) is 0 Å². The molecule has 1 aliphatic rings.